The lowest BCUT2D eigenvalue weighted by atomic mass is 9.78. The number of urea groups is 1. The molecule has 148 valence electrons. The molecule has 6 nitrogen and oxygen atoms in total. The normalized spacial score (nSPS) is 25.2. The van der Waals surface area contributed by atoms with E-state index in [4.69, 9.17) is 0 Å². The van der Waals surface area contributed by atoms with Crippen molar-refractivity contribution in [3.05, 3.63) is 0 Å². The fourth-order valence-corrected chi connectivity index (χ4v) is 4.72. The van der Waals surface area contributed by atoms with E-state index < -0.39 is 5.60 Å². The standard InChI is InChI=1S/C20H35N3O3/c1-20(26,17-7-3-2-4-8-17)15-21-18(24)16-9-13-23(14-10-16)19(25)22-11-5-6-12-22/h16-17,26H,2-15H2,1H3,(H,21,24)/t20-/m1/s1. The molecule has 0 unspecified atom stereocenters. The zero-order valence-corrected chi connectivity index (χ0v) is 16.2. The number of hydrogen-bond donors (Lipinski definition) is 2. The number of carbonyl (C=O) groups is 2. The highest BCUT2D eigenvalue weighted by molar-refractivity contribution is 5.79. The summed E-state index contributed by atoms with van der Waals surface area (Å²) < 4.78 is 0. The molecular weight excluding hydrogens is 330 g/mol. The lowest BCUT2D eigenvalue weighted by Crippen LogP contribution is -2.50. The fraction of sp³-hybridized carbons (Fsp3) is 0.900. The van der Waals surface area contributed by atoms with Crippen molar-refractivity contribution < 1.29 is 14.7 Å². The number of nitrogens with one attached hydrogen (secondary N) is 1. The summed E-state index contributed by atoms with van der Waals surface area (Å²) in [5.74, 6) is 0.283. The summed E-state index contributed by atoms with van der Waals surface area (Å²) in [6, 6.07) is 0.140. The van der Waals surface area contributed by atoms with E-state index in [9.17, 15) is 14.7 Å². The van der Waals surface area contributed by atoms with Crippen molar-refractivity contribution in [3.8, 4) is 0 Å². The fourth-order valence-electron chi connectivity index (χ4n) is 4.72. The summed E-state index contributed by atoms with van der Waals surface area (Å²) in [6.45, 7) is 5.26. The van der Waals surface area contributed by atoms with Crippen LogP contribution in [0, 0.1) is 11.8 Å². The highest BCUT2D eigenvalue weighted by atomic mass is 16.3. The van der Waals surface area contributed by atoms with Crippen molar-refractivity contribution in [3.63, 3.8) is 0 Å². The van der Waals surface area contributed by atoms with Gasteiger partial charge in [0.25, 0.3) is 0 Å². The Labute approximate surface area is 157 Å². The van der Waals surface area contributed by atoms with Crippen LogP contribution in [0.25, 0.3) is 0 Å². The smallest absolute Gasteiger partial charge is 0.319 e. The molecule has 3 rings (SSSR count). The lowest BCUT2D eigenvalue weighted by Gasteiger charge is -2.37. The Balaban J connectivity index is 1.41. The second-order valence-electron chi connectivity index (χ2n) is 8.65. The van der Waals surface area contributed by atoms with Crippen LogP contribution >= 0.6 is 0 Å². The number of carbonyl (C=O) groups excluding carboxylic acids is 2. The second-order valence-corrected chi connectivity index (χ2v) is 8.65. The molecule has 3 fully saturated rings. The highest BCUT2D eigenvalue weighted by Gasteiger charge is 2.35. The van der Waals surface area contributed by atoms with Crippen molar-refractivity contribution in [1.29, 1.82) is 0 Å². The van der Waals surface area contributed by atoms with Gasteiger partial charge in [0.05, 0.1) is 5.60 Å². The molecule has 0 spiro atoms. The van der Waals surface area contributed by atoms with Gasteiger partial charge in [-0.25, -0.2) is 4.79 Å². The SMILES string of the molecule is C[C@@](O)(CNC(=O)C1CCN(C(=O)N2CCCC2)CC1)C1CCCCC1. The molecule has 3 amide bonds. The molecule has 1 saturated carbocycles. The van der Waals surface area contributed by atoms with Crippen molar-refractivity contribution in [2.75, 3.05) is 32.7 Å². The van der Waals surface area contributed by atoms with Crippen LogP contribution < -0.4 is 5.32 Å². The number of likely N-dealkylation sites (tertiary alicyclic amines) is 2. The van der Waals surface area contributed by atoms with Crippen LogP contribution in [0.1, 0.15) is 64.7 Å². The summed E-state index contributed by atoms with van der Waals surface area (Å²) in [7, 11) is 0. The van der Waals surface area contributed by atoms with E-state index in [0.29, 0.717) is 19.6 Å². The van der Waals surface area contributed by atoms with E-state index in [1.54, 1.807) is 0 Å². The molecule has 0 aromatic rings. The third kappa shape index (κ3) is 4.70. The van der Waals surface area contributed by atoms with Crippen LogP contribution in [0.2, 0.25) is 0 Å². The summed E-state index contributed by atoms with van der Waals surface area (Å²) >= 11 is 0. The molecule has 0 radical (unpaired) electrons. The van der Waals surface area contributed by atoms with Crippen molar-refractivity contribution in [2.45, 2.75) is 70.3 Å². The Morgan fingerprint density at radius 2 is 1.50 bits per heavy atom. The number of rotatable bonds is 4. The van der Waals surface area contributed by atoms with E-state index >= 15 is 0 Å². The van der Waals surface area contributed by atoms with Gasteiger partial charge >= 0.3 is 6.03 Å². The Bertz CT molecular complexity index is 489. The molecular formula is C20H35N3O3. The van der Waals surface area contributed by atoms with E-state index in [1.807, 2.05) is 16.7 Å². The van der Waals surface area contributed by atoms with Gasteiger partial charge in [-0.3, -0.25) is 4.79 Å². The van der Waals surface area contributed by atoms with Crippen molar-refractivity contribution in [1.82, 2.24) is 15.1 Å². The van der Waals surface area contributed by atoms with E-state index in [0.717, 1.165) is 51.6 Å². The minimum atomic E-state index is -0.817. The molecule has 0 aromatic heterocycles. The van der Waals surface area contributed by atoms with Gasteiger partial charge in [-0.05, 0) is 51.4 Å². The number of amides is 3. The van der Waals surface area contributed by atoms with Gasteiger partial charge in [-0.1, -0.05) is 19.3 Å². The first-order valence-electron chi connectivity index (χ1n) is 10.5. The van der Waals surface area contributed by atoms with Crippen molar-refractivity contribution in [2.24, 2.45) is 11.8 Å². The first-order chi connectivity index (χ1) is 12.5. The third-order valence-electron chi connectivity index (χ3n) is 6.62. The third-order valence-corrected chi connectivity index (χ3v) is 6.62. The molecule has 1 atom stereocenters. The average molecular weight is 366 g/mol. The number of hydrogen-bond acceptors (Lipinski definition) is 3. The topological polar surface area (TPSA) is 72.9 Å². The van der Waals surface area contributed by atoms with E-state index in [2.05, 4.69) is 5.32 Å². The number of piperidine rings is 1. The maximum Gasteiger partial charge on any atom is 0.319 e. The van der Waals surface area contributed by atoms with Gasteiger partial charge in [0.15, 0.2) is 0 Å². The zero-order chi connectivity index (χ0) is 18.6. The predicted octanol–water partition coefficient (Wildman–Crippen LogP) is 2.36. The molecule has 2 N–H and O–H groups in total. The van der Waals surface area contributed by atoms with Gasteiger partial charge < -0.3 is 20.2 Å². The van der Waals surface area contributed by atoms with Crippen LogP contribution in [-0.2, 0) is 4.79 Å². The summed E-state index contributed by atoms with van der Waals surface area (Å²) in [4.78, 5) is 28.8. The van der Waals surface area contributed by atoms with Gasteiger partial charge in [-0.2, -0.15) is 0 Å². The Morgan fingerprint density at radius 3 is 2.12 bits per heavy atom. The molecule has 6 heteroatoms. The van der Waals surface area contributed by atoms with E-state index in [1.165, 1.54) is 19.3 Å². The van der Waals surface area contributed by atoms with Crippen LogP contribution in [0.3, 0.4) is 0 Å². The minimum absolute atomic E-state index is 0.0364. The van der Waals surface area contributed by atoms with Gasteiger partial charge in [0.1, 0.15) is 0 Å². The second kappa shape index (κ2) is 8.59. The summed E-state index contributed by atoms with van der Waals surface area (Å²) in [6.07, 6.45) is 9.37. The molecule has 2 heterocycles. The van der Waals surface area contributed by atoms with E-state index in [-0.39, 0.29) is 23.8 Å². The summed E-state index contributed by atoms with van der Waals surface area (Å²) in [5, 5.41) is 13.7. The molecule has 1 aliphatic carbocycles. The first-order valence-corrected chi connectivity index (χ1v) is 10.5. The van der Waals surface area contributed by atoms with Crippen LogP contribution in [0.5, 0.6) is 0 Å². The monoisotopic (exact) mass is 365 g/mol. The maximum absolute atomic E-state index is 12.5. The quantitative estimate of drug-likeness (QED) is 0.803. The maximum atomic E-state index is 12.5. The molecule has 2 aliphatic heterocycles. The van der Waals surface area contributed by atoms with Gasteiger partial charge in [-0.15, -0.1) is 0 Å². The Kier molecular flexibility index (Phi) is 6.43. The Hall–Kier alpha value is -1.30. The molecule has 0 bridgehead atoms. The van der Waals surface area contributed by atoms with Crippen LogP contribution in [0.15, 0.2) is 0 Å². The number of nitrogens with zero attached hydrogens (tertiary/aromatic N) is 2. The lowest BCUT2D eigenvalue weighted by molar-refractivity contribution is -0.128. The number of aliphatic hydroxyl groups is 1. The van der Waals surface area contributed by atoms with Gasteiger partial charge in [0, 0.05) is 38.6 Å². The van der Waals surface area contributed by atoms with Crippen molar-refractivity contribution >= 4 is 11.9 Å². The molecule has 3 aliphatic rings. The predicted molar refractivity (Wildman–Crippen MR) is 101 cm³/mol. The Morgan fingerprint density at radius 1 is 0.923 bits per heavy atom. The zero-order valence-electron chi connectivity index (χ0n) is 16.2. The molecule has 2 saturated heterocycles. The average Bonchev–Trinajstić information content (AvgIpc) is 3.21. The van der Waals surface area contributed by atoms with Crippen LogP contribution in [0.4, 0.5) is 4.79 Å². The van der Waals surface area contributed by atoms with Gasteiger partial charge in [0.2, 0.25) is 5.91 Å². The molecule has 0 aromatic carbocycles. The minimum Gasteiger partial charge on any atom is -0.388 e. The summed E-state index contributed by atoms with van der Waals surface area (Å²) in [5.41, 5.74) is -0.817. The van der Waals surface area contributed by atoms with Crippen LogP contribution in [-0.4, -0.2) is 65.2 Å². The highest BCUT2D eigenvalue weighted by Crippen LogP contribution is 2.32. The largest absolute Gasteiger partial charge is 0.388 e. The first kappa shape index (κ1) is 19.5. The molecule has 26 heavy (non-hydrogen) atoms.